The van der Waals surface area contributed by atoms with E-state index in [0.29, 0.717) is 11.7 Å². The zero-order valence-electron chi connectivity index (χ0n) is 12.1. The molecule has 1 radical (unpaired) electrons. The average Bonchev–Trinajstić information content (AvgIpc) is 3.08. The summed E-state index contributed by atoms with van der Waals surface area (Å²) in [7, 11) is 0. The van der Waals surface area contributed by atoms with Crippen molar-refractivity contribution in [3.63, 3.8) is 0 Å². The number of aromatic nitrogens is 3. The molecule has 3 rings (SSSR count). The first kappa shape index (κ1) is 13.8. The van der Waals surface area contributed by atoms with Crippen molar-refractivity contribution < 1.29 is 4.79 Å². The fourth-order valence-corrected chi connectivity index (χ4v) is 2.70. The number of anilines is 1. The number of carbonyl (C=O) groups is 1. The highest BCUT2D eigenvalue weighted by Gasteiger charge is 2.19. The summed E-state index contributed by atoms with van der Waals surface area (Å²) in [6.45, 7) is 1.92. The van der Waals surface area contributed by atoms with Crippen LogP contribution < -0.4 is 5.32 Å². The van der Waals surface area contributed by atoms with Crippen LogP contribution in [0.3, 0.4) is 0 Å². The number of aromatic amines is 1. The van der Waals surface area contributed by atoms with E-state index in [-0.39, 0.29) is 12.3 Å². The summed E-state index contributed by atoms with van der Waals surface area (Å²) in [5, 5.41) is 10.0. The third-order valence-electron chi connectivity index (χ3n) is 3.76. The zero-order valence-corrected chi connectivity index (χ0v) is 12.1. The molecule has 5 nitrogen and oxygen atoms in total. The Morgan fingerprint density at radius 2 is 2.38 bits per heavy atom. The number of aryl methyl sites for hydroxylation is 1. The van der Waals surface area contributed by atoms with Crippen LogP contribution in [-0.2, 0) is 11.2 Å². The molecular weight excluding hydrogens is 264 g/mol. The van der Waals surface area contributed by atoms with Gasteiger partial charge in [0.25, 0.3) is 0 Å². The standard InChI is InChI=1S/C16H19N4O/c1-11-5-4-8-13(17-11)9-16(21)18-15-10-14(19-20-15)12-6-2-3-7-12/h2,4-5,8,10,12H,3,6-7,9H2,1H3,(H2,18,19,20,21)/t12-/m0/s1. The van der Waals surface area contributed by atoms with Gasteiger partial charge in [0, 0.05) is 29.1 Å². The van der Waals surface area contributed by atoms with Gasteiger partial charge in [0.05, 0.1) is 6.42 Å². The van der Waals surface area contributed by atoms with Gasteiger partial charge < -0.3 is 5.32 Å². The van der Waals surface area contributed by atoms with Gasteiger partial charge >= 0.3 is 0 Å². The third-order valence-corrected chi connectivity index (χ3v) is 3.76. The van der Waals surface area contributed by atoms with Crippen molar-refractivity contribution in [3.8, 4) is 0 Å². The summed E-state index contributed by atoms with van der Waals surface area (Å²) >= 11 is 0. The van der Waals surface area contributed by atoms with Crippen LogP contribution in [0.15, 0.2) is 24.3 Å². The van der Waals surface area contributed by atoms with Crippen molar-refractivity contribution in [3.05, 3.63) is 47.8 Å². The fourth-order valence-electron chi connectivity index (χ4n) is 2.70. The molecule has 1 atom stereocenters. The van der Waals surface area contributed by atoms with Crippen molar-refractivity contribution in [1.82, 2.24) is 15.2 Å². The normalized spacial score (nSPS) is 15.3. The SMILES string of the molecule is Cc1cccc(CC(=O)Nc2cc([C@H]3C[CH]CC3)[nH]n2)n1. The van der Waals surface area contributed by atoms with E-state index < -0.39 is 0 Å². The van der Waals surface area contributed by atoms with Crippen LogP contribution in [0.4, 0.5) is 5.82 Å². The topological polar surface area (TPSA) is 70.7 Å². The van der Waals surface area contributed by atoms with Crippen LogP contribution in [-0.4, -0.2) is 21.1 Å². The van der Waals surface area contributed by atoms with E-state index in [2.05, 4.69) is 26.9 Å². The Hall–Kier alpha value is -2.17. The Labute approximate surface area is 124 Å². The molecule has 1 aliphatic rings. The molecule has 0 unspecified atom stereocenters. The van der Waals surface area contributed by atoms with Gasteiger partial charge in [0.15, 0.2) is 5.82 Å². The number of nitrogens with one attached hydrogen (secondary N) is 2. The Bertz CT molecular complexity index is 629. The Morgan fingerprint density at radius 3 is 3.14 bits per heavy atom. The molecule has 2 aromatic heterocycles. The van der Waals surface area contributed by atoms with Gasteiger partial charge in [0.2, 0.25) is 5.91 Å². The molecule has 1 amide bonds. The first-order chi connectivity index (χ1) is 10.2. The number of hydrogen-bond acceptors (Lipinski definition) is 3. The lowest BCUT2D eigenvalue weighted by Crippen LogP contribution is -2.15. The predicted molar refractivity (Wildman–Crippen MR) is 80.8 cm³/mol. The summed E-state index contributed by atoms with van der Waals surface area (Å²) in [6.07, 6.45) is 5.96. The molecule has 2 aromatic rings. The van der Waals surface area contributed by atoms with Crippen LogP contribution in [0.1, 0.15) is 42.3 Å². The minimum absolute atomic E-state index is 0.0934. The lowest BCUT2D eigenvalue weighted by molar-refractivity contribution is -0.115. The van der Waals surface area contributed by atoms with Gasteiger partial charge in [-0.3, -0.25) is 14.9 Å². The summed E-state index contributed by atoms with van der Waals surface area (Å²) < 4.78 is 0. The van der Waals surface area contributed by atoms with E-state index in [1.807, 2.05) is 31.2 Å². The number of nitrogens with zero attached hydrogens (tertiary/aromatic N) is 2. The fraction of sp³-hybridized carbons (Fsp3) is 0.375. The van der Waals surface area contributed by atoms with Crippen molar-refractivity contribution in [2.45, 2.75) is 38.5 Å². The van der Waals surface area contributed by atoms with E-state index in [0.717, 1.165) is 36.3 Å². The predicted octanol–water partition coefficient (Wildman–Crippen LogP) is 2.77. The molecular formula is C16H19N4O. The number of carbonyl (C=O) groups excluding carboxylic acids is 1. The third kappa shape index (κ3) is 3.48. The van der Waals surface area contributed by atoms with Gasteiger partial charge in [-0.15, -0.1) is 0 Å². The maximum absolute atomic E-state index is 12.0. The molecule has 0 saturated heterocycles. The quantitative estimate of drug-likeness (QED) is 0.906. The van der Waals surface area contributed by atoms with Crippen molar-refractivity contribution in [2.24, 2.45) is 0 Å². The lowest BCUT2D eigenvalue weighted by Gasteiger charge is -2.04. The summed E-state index contributed by atoms with van der Waals surface area (Å²) in [4.78, 5) is 16.3. The number of rotatable bonds is 4. The van der Waals surface area contributed by atoms with Crippen LogP contribution >= 0.6 is 0 Å². The van der Waals surface area contributed by atoms with E-state index >= 15 is 0 Å². The number of hydrogen-bond donors (Lipinski definition) is 2. The van der Waals surface area contributed by atoms with Gasteiger partial charge in [-0.2, -0.15) is 5.10 Å². The molecule has 5 heteroatoms. The molecule has 0 aromatic carbocycles. The number of pyridine rings is 1. The molecule has 2 N–H and O–H groups in total. The van der Waals surface area contributed by atoms with Gasteiger partial charge in [-0.05, 0) is 44.7 Å². The lowest BCUT2D eigenvalue weighted by atomic mass is 10.0. The van der Waals surface area contributed by atoms with E-state index in [1.165, 1.54) is 0 Å². The Morgan fingerprint density at radius 1 is 1.48 bits per heavy atom. The molecule has 109 valence electrons. The van der Waals surface area contributed by atoms with Crippen LogP contribution in [0.2, 0.25) is 0 Å². The highest BCUT2D eigenvalue weighted by molar-refractivity contribution is 5.91. The van der Waals surface area contributed by atoms with E-state index in [4.69, 9.17) is 0 Å². The second-order valence-corrected chi connectivity index (χ2v) is 5.50. The van der Waals surface area contributed by atoms with Gasteiger partial charge in [-0.1, -0.05) is 6.07 Å². The Balaban J connectivity index is 1.59. The summed E-state index contributed by atoms with van der Waals surface area (Å²) in [5.41, 5.74) is 2.79. The zero-order chi connectivity index (χ0) is 14.7. The summed E-state index contributed by atoms with van der Waals surface area (Å²) in [6, 6.07) is 7.62. The molecule has 0 aliphatic heterocycles. The number of amides is 1. The molecule has 0 bridgehead atoms. The maximum Gasteiger partial charge on any atom is 0.231 e. The molecule has 1 aliphatic carbocycles. The maximum atomic E-state index is 12.0. The number of H-pyrrole nitrogens is 1. The van der Waals surface area contributed by atoms with Crippen LogP contribution in [0, 0.1) is 13.3 Å². The van der Waals surface area contributed by atoms with E-state index in [9.17, 15) is 4.79 Å². The van der Waals surface area contributed by atoms with Crippen molar-refractivity contribution >= 4 is 11.7 Å². The second-order valence-electron chi connectivity index (χ2n) is 5.50. The largest absolute Gasteiger partial charge is 0.309 e. The van der Waals surface area contributed by atoms with Gasteiger partial charge in [-0.25, -0.2) is 0 Å². The average molecular weight is 283 g/mol. The highest BCUT2D eigenvalue weighted by Crippen LogP contribution is 2.32. The highest BCUT2D eigenvalue weighted by atomic mass is 16.1. The monoisotopic (exact) mass is 283 g/mol. The van der Waals surface area contributed by atoms with Crippen LogP contribution in [0.25, 0.3) is 0 Å². The van der Waals surface area contributed by atoms with Crippen molar-refractivity contribution in [2.75, 3.05) is 5.32 Å². The molecule has 0 spiro atoms. The second kappa shape index (κ2) is 6.08. The molecule has 1 fully saturated rings. The Kier molecular flexibility index (Phi) is 3.99. The minimum atomic E-state index is -0.0934. The van der Waals surface area contributed by atoms with E-state index in [1.54, 1.807) is 0 Å². The van der Waals surface area contributed by atoms with Crippen molar-refractivity contribution in [1.29, 1.82) is 0 Å². The smallest absolute Gasteiger partial charge is 0.231 e. The first-order valence-electron chi connectivity index (χ1n) is 7.30. The minimum Gasteiger partial charge on any atom is -0.309 e. The molecule has 2 heterocycles. The molecule has 1 saturated carbocycles. The van der Waals surface area contributed by atoms with Gasteiger partial charge in [0.1, 0.15) is 0 Å². The summed E-state index contributed by atoms with van der Waals surface area (Å²) in [5.74, 6) is 1.01. The first-order valence-corrected chi connectivity index (χ1v) is 7.30. The van der Waals surface area contributed by atoms with Crippen LogP contribution in [0.5, 0.6) is 0 Å². The molecule has 21 heavy (non-hydrogen) atoms.